The average Bonchev–Trinajstić information content (AvgIpc) is 2.61. The quantitative estimate of drug-likeness (QED) is 0.841. The molecule has 2 N–H and O–H groups in total. The first-order valence-corrected chi connectivity index (χ1v) is 6.58. The summed E-state index contributed by atoms with van der Waals surface area (Å²) in [5, 5.41) is 0. The third-order valence-corrected chi connectivity index (χ3v) is 3.89. The van der Waals surface area contributed by atoms with Gasteiger partial charge in [-0.05, 0) is 32.3 Å². The maximum Gasteiger partial charge on any atom is 0.225 e. The molecule has 3 rings (SSSR count). The van der Waals surface area contributed by atoms with Gasteiger partial charge in [0.25, 0.3) is 0 Å². The zero-order chi connectivity index (χ0) is 11.8. The van der Waals surface area contributed by atoms with E-state index in [-0.39, 0.29) is 6.04 Å². The van der Waals surface area contributed by atoms with Crippen molar-refractivity contribution < 1.29 is 0 Å². The number of aryl methyl sites for hydroxylation is 1. The molecule has 0 bridgehead atoms. The van der Waals surface area contributed by atoms with E-state index < -0.39 is 0 Å². The molecule has 0 amide bonds. The minimum Gasteiger partial charge on any atom is -0.339 e. The van der Waals surface area contributed by atoms with E-state index in [1.54, 1.807) is 0 Å². The van der Waals surface area contributed by atoms with Crippen molar-refractivity contribution in [1.29, 1.82) is 0 Å². The molecular formula is C13H20N4. The number of anilines is 1. The van der Waals surface area contributed by atoms with Gasteiger partial charge >= 0.3 is 0 Å². The molecule has 1 saturated heterocycles. The Labute approximate surface area is 102 Å². The van der Waals surface area contributed by atoms with Crippen molar-refractivity contribution in [2.24, 2.45) is 5.73 Å². The maximum atomic E-state index is 5.94. The van der Waals surface area contributed by atoms with Crippen LogP contribution < -0.4 is 10.6 Å². The second-order valence-corrected chi connectivity index (χ2v) is 5.36. The molecule has 0 spiro atoms. The number of hydrogen-bond acceptors (Lipinski definition) is 4. The zero-order valence-electron chi connectivity index (χ0n) is 10.4. The van der Waals surface area contributed by atoms with Gasteiger partial charge in [0.2, 0.25) is 5.95 Å². The van der Waals surface area contributed by atoms with Crippen LogP contribution in [0, 0.1) is 6.92 Å². The Morgan fingerprint density at radius 2 is 2.12 bits per heavy atom. The van der Waals surface area contributed by atoms with Crippen molar-refractivity contribution in [3.05, 3.63) is 17.5 Å². The summed E-state index contributed by atoms with van der Waals surface area (Å²) in [5.41, 5.74) is 8.25. The summed E-state index contributed by atoms with van der Waals surface area (Å²) in [6.45, 7) is 3.95. The smallest absolute Gasteiger partial charge is 0.225 e. The van der Waals surface area contributed by atoms with Crippen LogP contribution in [0.1, 0.15) is 43.0 Å². The van der Waals surface area contributed by atoms with Gasteiger partial charge < -0.3 is 10.6 Å². The Bertz CT molecular complexity index is 414. The third kappa shape index (κ3) is 2.14. The highest BCUT2D eigenvalue weighted by Gasteiger charge is 2.25. The zero-order valence-corrected chi connectivity index (χ0v) is 10.4. The molecule has 92 valence electrons. The van der Waals surface area contributed by atoms with Crippen LogP contribution in [0.4, 0.5) is 5.95 Å². The van der Waals surface area contributed by atoms with Crippen LogP contribution in [0.3, 0.4) is 0 Å². The highest BCUT2D eigenvalue weighted by Crippen LogP contribution is 2.36. The van der Waals surface area contributed by atoms with Crippen molar-refractivity contribution in [2.45, 2.75) is 44.6 Å². The Morgan fingerprint density at radius 3 is 2.71 bits per heavy atom. The Kier molecular flexibility index (Phi) is 2.74. The monoisotopic (exact) mass is 232 g/mol. The molecule has 2 fully saturated rings. The van der Waals surface area contributed by atoms with Crippen molar-refractivity contribution in [3.63, 3.8) is 0 Å². The van der Waals surface area contributed by atoms with E-state index in [4.69, 9.17) is 10.7 Å². The average molecular weight is 232 g/mol. The highest BCUT2D eigenvalue weighted by molar-refractivity contribution is 5.35. The SMILES string of the molecule is Cc1cc(C2CCC2)nc(N2CC[C@H](N)C2)n1. The second-order valence-electron chi connectivity index (χ2n) is 5.36. The van der Waals surface area contributed by atoms with Crippen LogP contribution in [0.5, 0.6) is 0 Å². The van der Waals surface area contributed by atoms with Gasteiger partial charge in [-0.25, -0.2) is 9.97 Å². The normalized spacial score (nSPS) is 25.1. The van der Waals surface area contributed by atoms with Gasteiger partial charge in [-0.3, -0.25) is 0 Å². The fourth-order valence-electron chi connectivity index (χ4n) is 2.60. The molecule has 1 aliphatic carbocycles. The molecule has 1 aliphatic heterocycles. The van der Waals surface area contributed by atoms with Crippen LogP contribution >= 0.6 is 0 Å². The first kappa shape index (κ1) is 11.0. The number of rotatable bonds is 2. The summed E-state index contributed by atoms with van der Waals surface area (Å²) in [4.78, 5) is 11.5. The summed E-state index contributed by atoms with van der Waals surface area (Å²) in [5.74, 6) is 1.56. The van der Waals surface area contributed by atoms with Crippen LogP contribution in [0.25, 0.3) is 0 Å². The molecule has 1 atom stereocenters. The largest absolute Gasteiger partial charge is 0.339 e. The van der Waals surface area contributed by atoms with E-state index in [1.165, 1.54) is 25.0 Å². The topological polar surface area (TPSA) is 55.0 Å². The molecule has 0 unspecified atom stereocenters. The predicted molar refractivity (Wildman–Crippen MR) is 68.2 cm³/mol. The fourth-order valence-corrected chi connectivity index (χ4v) is 2.60. The van der Waals surface area contributed by atoms with Gasteiger partial charge in [0.05, 0.1) is 0 Å². The van der Waals surface area contributed by atoms with E-state index in [1.807, 2.05) is 0 Å². The van der Waals surface area contributed by atoms with Gasteiger partial charge in [0.15, 0.2) is 0 Å². The fraction of sp³-hybridized carbons (Fsp3) is 0.692. The minimum atomic E-state index is 0.284. The van der Waals surface area contributed by atoms with Crippen molar-refractivity contribution >= 4 is 5.95 Å². The predicted octanol–water partition coefficient (Wildman–Crippen LogP) is 1.59. The summed E-state index contributed by atoms with van der Waals surface area (Å²) in [6.07, 6.45) is 4.97. The lowest BCUT2D eigenvalue weighted by Crippen LogP contribution is -2.28. The van der Waals surface area contributed by atoms with E-state index in [2.05, 4.69) is 22.9 Å². The van der Waals surface area contributed by atoms with E-state index >= 15 is 0 Å². The minimum absolute atomic E-state index is 0.284. The molecule has 17 heavy (non-hydrogen) atoms. The Hall–Kier alpha value is -1.16. The molecule has 0 radical (unpaired) electrons. The number of nitrogens with two attached hydrogens (primary N) is 1. The van der Waals surface area contributed by atoms with Gasteiger partial charge in [0, 0.05) is 36.4 Å². The van der Waals surface area contributed by atoms with E-state index in [0.717, 1.165) is 31.2 Å². The Balaban J connectivity index is 1.85. The van der Waals surface area contributed by atoms with Gasteiger partial charge in [-0.1, -0.05) is 6.42 Å². The lowest BCUT2D eigenvalue weighted by atomic mass is 9.83. The maximum absolute atomic E-state index is 5.94. The van der Waals surface area contributed by atoms with Crippen molar-refractivity contribution in [2.75, 3.05) is 18.0 Å². The third-order valence-electron chi connectivity index (χ3n) is 3.89. The molecule has 4 nitrogen and oxygen atoms in total. The van der Waals surface area contributed by atoms with Gasteiger partial charge in [-0.2, -0.15) is 0 Å². The van der Waals surface area contributed by atoms with E-state index in [9.17, 15) is 0 Å². The first-order chi connectivity index (χ1) is 8.22. The number of hydrogen-bond donors (Lipinski definition) is 1. The Morgan fingerprint density at radius 1 is 1.29 bits per heavy atom. The van der Waals surface area contributed by atoms with Crippen molar-refractivity contribution in [1.82, 2.24) is 9.97 Å². The van der Waals surface area contributed by atoms with Crippen LogP contribution in [-0.2, 0) is 0 Å². The second kappa shape index (κ2) is 4.26. The standard InChI is InChI=1S/C13H20N4/c1-9-7-12(10-3-2-4-10)16-13(15-9)17-6-5-11(14)8-17/h7,10-11H,2-6,8,14H2,1H3/t11-/m0/s1. The molecule has 2 aliphatic rings. The molecular weight excluding hydrogens is 212 g/mol. The molecule has 0 aromatic carbocycles. The summed E-state index contributed by atoms with van der Waals surface area (Å²) in [7, 11) is 0. The summed E-state index contributed by atoms with van der Waals surface area (Å²) in [6, 6.07) is 2.43. The number of nitrogens with zero attached hydrogens (tertiary/aromatic N) is 3. The first-order valence-electron chi connectivity index (χ1n) is 6.58. The molecule has 2 heterocycles. The summed E-state index contributed by atoms with van der Waals surface area (Å²) >= 11 is 0. The molecule has 1 saturated carbocycles. The lowest BCUT2D eigenvalue weighted by Gasteiger charge is -2.26. The van der Waals surface area contributed by atoms with Gasteiger partial charge in [-0.15, -0.1) is 0 Å². The van der Waals surface area contributed by atoms with Crippen LogP contribution in [-0.4, -0.2) is 29.1 Å². The van der Waals surface area contributed by atoms with Gasteiger partial charge in [0.1, 0.15) is 0 Å². The highest BCUT2D eigenvalue weighted by atomic mass is 15.3. The molecule has 4 heteroatoms. The summed E-state index contributed by atoms with van der Waals surface area (Å²) < 4.78 is 0. The van der Waals surface area contributed by atoms with Crippen LogP contribution in [0.2, 0.25) is 0 Å². The lowest BCUT2D eigenvalue weighted by molar-refractivity contribution is 0.410. The molecule has 1 aromatic rings. The molecule has 1 aromatic heterocycles. The number of aromatic nitrogens is 2. The van der Waals surface area contributed by atoms with Crippen molar-refractivity contribution in [3.8, 4) is 0 Å². The van der Waals surface area contributed by atoms with E-state index in [0.29, 0.717) is 5.92 Å². The van der Waals surface area contributed by atoms with Crippen LogP contribution in [0.15, 0.2) is 6.07 Å².